The molecule has 20 heavy (non-hydrogen) atoms. The standard InChI is InChI=1S/C15H23N5/c1-3-16-14(12-15-17-19-20(2)18-15)11-7-10-13-8-5-4-6-9-13/h4-6,8-9,14,16H,3,7,10-12H2,1-2H3. The van der Waals surface area contributed by atoms with Crippen LogP contribution in [0.2, 0.25) is 0 Å². The van der Waals surface area contributed by atoms with Gasteiger partial charge >= 0.3 is 0 Å². The first kappa shape index (κ1) is 14.7. The zero-order valence-electron chi connectivity index (χ0n) is 12.3. The number of hydrogen-bond acceptors (Lipinski definition) is 4. The van der Waals surface area contributed by atoms with E-state index in [-0.39, 0.29) is 0 Å². The molecule has 0 aliphatic heterocycles. The SMILES string of the molecule is CCNC(CCCc1ccccc1)Cc1nnn(C)n1. The van der Waals surface area contributed by atoms with Crippen LogP contribution in [0, 0.1) is 0 Å². The molecule has 2 rings (SSSR count). The largest absolute Gasteiger partial charge is 0.314 e. The summed E-state index contributed by atoms with van der Waals surface area (Å²) in [4.78, 5) is 1.52. The van der Waals surface area contributed by atoms with Crippen molar-refractivity contribution in [2.75, 3.05) is 6.54 Å². The summed E-state index contributed by atoms with van der Waals surface area (Å²) in [5.74, 6) is 0.818. The van der Waals surface area contributed by atoms with Crippen molar-refractivity contribution in [3.8, 4) is 0 Å². The molecule has 108 valence electrons. The fraction of sp³-hybridized carbons (Fsp3) is 0.533. The number of likely N-dealkylation sites (N-methyl/N-ethyl adjacent to an activating group) is 1. The molecule has 0 radical (unpaired) electrons. The highest BCUT2D eigenvalue weighted by Gasteiger charge is 2.11. The summed E-state index contributed by atoms with van der Waals surface area (Å²) in [7, 11) is 1.80. The molecule has 0 saturated heterocycles. The molecule has 0 spiro atoms. The first-order valence-electron chi connectivity index (χ1n) is 7.28. The average molecular weight is 273 g/mol. The van der Waals surface area contributed by atoms with Crippen molar-refractivity contribution < 1.29 is 0 Å². The van der Waals surface area contributed by atoms with Crippen LogP contribution in [0.15, 0.2) is 30.3 Å². The van der Waals surface area contributed by atoms with Gasteiger partial charge < -0.3 is 5.32 Å². The summed E-state index contributed by atoms with van der Waals surface area (Å²) < 4.78 is 0. The lowest BCUT2D eigenvalue weighted by atomic mass is 10.0. The third-order valence-corrected chi connectivity index (χ3v) is 3.33. The normalized spacial score (nSPS) is 12.5. The smallest absolute Gasteiger partial charge is 0.176 e. The van der Waals surface area contributed by atoms with Crippen LogP contribution in [-0.2, 0) is 19.9 Å². The molecule has 5 heteroatoms. The van der Waals surface area contributed by atoms with E-state index in [1.165, 1.54) is 16.8 Å². The maximum Gasteiger partial charge on any atom is 0.176 e. The molecule has 2 aromatic rings. The lowest BCUT2D eigenvalue weighted by Gasteiger charge is -2.15. The van der Waals surface area contributed by atoms with Gasteiger partial charge in [-0.15, -0.1) is 10.2 Å². The molecular formula is C15H23N5. The Bertz CT molecular complexity index is 494. The van der Waals surface area contributed by atoms with Gasteiger partial charge in [0.1, 0.15) is 0 Å². The van der Waals surface area contributed by atoms with Crippen molar-refractivity contribution in [3.05, 3.63) is 41.7 Å². The Morgan fingerprint density at radius 3 is 2.70 bits per heavy atom. The fourth-order valence-corrected chi connectivity index (χ4v) is 2.39. The van der Waals surface area contributed by atoms with Crippen molar-refractivity contribution in [3.63, 3.8) is 0 Å². The van der Waals surface area contributed by atoms with Gasteiger partial charge in [0.25, 0.3) is 0 Å². The number of rotatable bonds is 8. The topological polar surface area (TPSA) is 55.6 Å². The molecule has 1 heterocycles. The highest BCUT2D eigenvalue weighted by molar-refractivity contribution is 5.14. The number of hydrogen-bond donors (Lipinski definition) is 1. The molecule has 0 fully saturated rings. The van der Waals surface area contributed by atoms with Crippen molar-refractivity contribution in [1.82, 2.24) is 25.5 Å². The van der Waals surface area contributed by atoms with E-state index < -0.39 is 0 Å². The fourth-order valence-electron chi connectivity index (χ4n) is 2.39. The molecule has 1 aromatic carbocycles. The lowest BCUT2D eigenvalue weighted by molar-refractivity contribution is 0.467. The maximum atomic E-state index is 4.25. The molecule has 5 nitrogen and oxygen atoms in total. The highest BCUT2D eigenvalue weighted by Crippen LogP contribution is 2.08. The molecule has 0 aliphatic rings. The van der Waals surface area contributed by atoms with Gasteiger partial charge in [-0.05, 0) is 36.6 Å². The second-order valence-corrected chi connectivity index (χ2v) is 5.03. The van der Waals surface area contributed by atoms with Crippen LogP contribution in [0.1, 0.15) is 31.2 Å². The van der Waals surface area contributed by atoms with Crippen LogP contribution in [0.3, 0.4) is 0 Å². The van der Waals surface area contributed by atoms with Gasteiger partial charge in [-0.3, -0.25) is 0 Å². The minimum atomic E-state index is 0.424. The first-order chi connectivity index (χ1) is 9.78. The van der Waals surface area contributed by atoms with E-state index in [0.29, 0.717) is 6.04 Å². The molecular weight excluding hydrogens is 250 g/mol. The number of benzene rings is 1. The molecule has 0 aliphatic carbocycles. The monoisotopic (exact) mass is 273 g/mol. The number of aryl methyl sites for hydroxylation is 2. The van der Waals surface area contributed by atoms with Crippen LogP contribution in [0.25, 0.3) is 0 Å². The third kappa shape index (κ3) is 4.74. The highest BCUT2D eigenvalue weighted by atomic mass is 15.6. The zero-order chi connectivity index (χ0) is 14.2. The van der Waals surface area contributed by atoms with Crippen LogP contribution in [0.4, 0.5) is 0 Å². The third-order valence-electron chi connectivity index (χ3n) is 3.33. The van der Waals surface area contributed by atoms with Crippen molar-refractivity contribution >= 4 is 0 Å². The number of nitrogens with one attached hydrogen (secondary N) is 1. The molecule has 1 unspecified atom stereocenters. The van der Waals surface area contributed by atoms with E-state index in [4.69, 9.17) is 0 Å². The molecule has 0 bridgehead atoms. The quantitative estimate of drug-likeness (QED) is 0.796. The summed E-state index contributed by atoms with van der Waals surface area (Å²) in [6, 6.07) is 11.1. The van der Waals surface area contributed by atoms with Gasteiger partial charge in [0.05, 0.1) is 7.05 Å². The Morgan fingerprint density at radius 1 is 1.25 bits per heavy atom. The second-order valence-electron chi connectivity index (χ2n) is 5.03. The number of tetrazole rings is 1. The van der Waals surface area contributed by atoms with E-state index in [1.54, 1.807) is 7.05 Å². The summed E-state index contributed by atoms with van der Waals surface area (Å²) in [6.07, 6.45) is 4.26. The Morgan fingerprint density at radius 2 is 2.05 bits per heavy atom. The average Bonchev–Trinajstić information content (AvgIpc) is 2.85. The van der Waals surface area contributed by atoms with Crippen LogP contribution >= 0.6 is 0 Å². The maximum absolute atomic E-state index is 4.25. The minimum absolute atomic E-state index is 0.424. The van der Waals surface area contributed by atoms with Crippen LogP contribution < -0.4 is 5.32 Å². The van der Waals surface area contributed by atoms with E-state index in [0.717, 1.165) is 31.6 Å². The van der Waals surface area contributed by atoms with E-state index in [1.807, 2.05) is 0 Å². The Kier molecular flexibility index (Phi) is 5.68. The van der Waals surface area contributed by atoms with E-state index in [9.17, 15) is 0 Å². The predicted molar refractivity (Wildman–Crippen MR) is 79.3 cm³/mol. The Balaban J connectivity index is 1.80. The van der Waals surface area contributed by atoms with Gasteiger partial charge in [0, 0.05) is 12.5 Å². The zero-order valence-corrected chi connectivity index (χ0v) is 12.3. The molecule has 1 atom stereocenters. The van der Waals surface area contributed by atoms with Crippen LogP contribution in [-0.4, -0.2) is 32.8 Å². The Hall–Kier alpha value is -1.75. The predicted octanol–water partition coefficient (Wildman–Crippen LogP) is 1.75. The van der Waals surface area contributed by atoms with Gasteiger partial charge in [-0.25, -0.2) is 0 Å². The first-order valence-corrected chi connectivity index (χ1v) is 7.28. The minimum Gasteiger partial charge on any atom is -0.314 e. The van der Waals surface area contributed by atoms with Gasteiger partial charge in [0.2, 0.25) is 0 Å². The van der Waals surface area contributed by atoms with Crippen molar-refractivity contribution in [1.29, 1.82) is 0 Å². The number of nitrogens with zero attached hydrogens (tertiary/aromatic N) is 4. The van der Waals surface area contributed by atoms with E-state index in [2.05, 4.69) is 58.0 Å². The van der Waals surface area contributed by atoms with Crippen molar-refractivity contribution in [2.45, 2.75) is 38.6 Å². The summed E-state index contributed by atoms with van der Waals surface area (Å²) in [6.45, 7) is 3.10. The lowest BCUT2D eigenvalue weighted by Crippen LogP contribution is -2.31. The second kappa shape index (κ2) is 7.75. The van der Waals surface area contributed by atoms with Gasteiger partial charge in [-0.1, -0.05) is 37.3 Å². The molecule has 0 amide bonds. The summed E-state index contributed by atoms with van der Waals surface area (Å²) in [5.41, 5.74) is 1.40. The van der Waals surface area contributed by atoms with Crippen LogP contribution in [0.5, 0.6) is 0 Å². The summed E-state index contributed by atoms with van der Waals surface area (Å²) >= 11 is 0. The summed E-state index contributed by atoms with van der Waals surface area (Å²) in [5, 5.41) is 15.7. The molecule has 1 aromatic heterocycles. The molecule has 0 saturated carbocycles. The van der Waals surface area contributed by atoms with Crippen molar-refractivity contribution in [2.24, 2.45) is 7.05 Å². The Labute approximate surface area is 120 Å². The number of aromatic nitrogens is 4. The van der Waals surface area contributed by atoms with Gasteiger partial charge in [-0.2, -0.15) is 4.80 Å². The van der Waals surface area contributed by atoms with Gasteiger partial charge in [0.15, 0.2) is 5.82 Å². The molecule has 1 N–H and O–H groups in total. The van der Waals surface area contributed by atoms with E-state index >= 15 is 0 Å².